The average molecular weight is 228 g/mol. The Labute approximate surface area is 95.6 Å². The van der Waals surface area contributed by atoms with E-state index in [0.717, 1.165) is 16.8 Å². The summed E-state index contributed by atoms with van der Waals surface area (Å²) >= 11 is 10.0. The fourth-order valence-corrected chi connectivity index (χ4v) is 3.38. The molecular weight excluding hydrogens is 212 g/mol. The lowest BCUT2D eigenvalue weighted by Gasteiger charge is -2.24. The lowest BCUT2D eigenvalue weighted by Crippen LogP contribution is -2.38. The molecule has 2 nitrogen and oxygen atoms in total. The maximum atomic E-state index is 5.45. The van der Waals surface area contributed by atoms with Gasteiger partial charge in [0.15, 0.2) is 0 Å². The minimum Gasteiger partial charge on any atom is -0.393 e. The molecule has 3 N–H and O–H groups in total. The van der Waals surface area contributed by atoms with E-state index in [1.807, 2.05) is 0 Å². The van der Waals surface area contributed by atoms with Gasteiger partial charge < -0.3 is 11.1 Å². The van der Waals surface area contributed by atoms with Gasteiger partial charge in [0, 0.05) is 12.5 Å². The number of hydrogen-bond acceptors (Lipinski definition) is 2. The summed E-state index contributed by atoms with van der Waals surface area (Å²) in [6, 6.07) is 0.607. The lowest BCUT2D eigenvalue weighted by molar-refractivity contribution is 0.391. The number of thiocarbonyl (C=S) groups is 2. The minimum absolute atomic E-state index is 0.491. The van der Waals surface area contributed by atoms with Gasteiger partial charge >= 0.3 is 0 Å². The molecule has 2 aliphatic rings. The molecule has 3 unspecified atom stereocenters. The largest absolute Gasteiger partial charge is 0.393 e. The van der Waals surface area contributed by atoms with Gasteiger partial charge in [0.25, 0.3) is 0 Å². The molecule has 0 amide bonds. The molecule has 2 rings (SSSR count). The summed E-state index contributed by atoms with van der Waals surface area (Å²) < 4.78 is 0. The molecule has 14 heavy (non-hydrogen) atoms. The van der Waals surface area contributed by atoms with E-state index in [4.69, 9.17) is 30.2 Å². The van der Waals surface area contributed by atoms with Crippen LogP contribution < -0.4 is 11.1 Å². The normalized spacial score (nSPS) is 34.4. The smallest absolute Gasteiger partial charge is 0.0823 e. The number of hydrogen-bond donors (Lipinski definition) is 2. The second-order valence-electron chi connectivity index (χ2n) is 4.49. The van der Waals surface area contributed by atoms with Crippen LogP contribution in [0.2, 0.25) is 0 Å². The van der Waals surface area contributed by atoms with Crippen LogP contribution in [0.5, 0.6) is 0 Å². The minimum atomic E-state index is 0.491. The van der Waals surface area contributed by atoms with Crippen LogP contribution in [0.4, 0.5) is 0 Å². The highest BCUT2D eigenvalue weighted by Gasteiger charge is 2.39. The van der Waals surface area contributed by atoms with Gasteiger partial charge in [0.1, 0.15) is 0 Å². The SMILES string of the molecule is NC(=S)CC(=S)NC1CC2CCC1C2. The molecule has 2 bridgehead atoms. The monoisotopic (exact) mass is 228 g/mol. The molecule has 0 aromatic rings. The molecule has 2 aliphatic carbocycles. The lowest BCUT2D eigenvalue weighted by atomic mass is 9.95. The predicted molar refractivity (Wildman–Crippen MR) is 66.4 cm³/mol. The zero-order valence-electron chi connectivity index (χ0n) is 8.16. The van der Waals surface area contributed by atoms with Crippen molar-refractivity contribution in [3.8, 4) is 0 Å². The van der Waals surface area contributed by atoms with Crippen molar-refractivity contribution in [2.45, 2.75) is 38.1 Å². The maximum Gasteiger partial charge on any atom is 0.0823 e. The summed E-state index contributed by atoms with van der Waals surface area (Å²) in [5, 5.41) is 3.41. The van der Waals surface area contributed by atoms with E-state index >= 15 is 0 Å². The fraction of sp³-hybridized carbons (Fsp3) is 0.800. The van der Waals surface area contributed by atoms with E-state index in [0.29, 0.717) is 17.5 Å². The van der Waals surface area contributed by atoms with Crippen LogP contribution in [0.25, 0.3) is 0 Å². The Bertz CT molecular complexity index is 265. The molecule has 0 heterocycles. The maximum absolute atomic E-state index is 5.45. The molecule has 0 spiro atoms. The first-order valence-electron chi connectivity index (χ1n) is 5.23. The van der Waals surface area contributed by atoms with Crippen LogP contribution in [0.1, 0.15) is 32.1 Å². The van der Waals surface area contributed by atoms with Crippen LogP contribution in [0.15, 0.2) is 0 Å². The Kier molecular flexibility index (Phi) is 3.02. The summed E-state index contributed by atoms with van der Waals surface area (Å²) in [6.45, 7) is 0. The van der Waals surface area contributed by atoms with Crippen molar-refractivity contribution in [3.05, 3.63) is 0 Å². The molecule has 0 saturated heterocycles. The average Bonchev–Trinajstić information content (AvgIpc) is 2.62. The first-order chi connectivity index (χ1) is 6.65. The van der Waals surface area contributed by atoms with Gasteiger partial charge in [-0.15, -0.1) is 0 Å². The van der Waals surface area contributed by atoms with E-state index in [1.165, 1.54) is 25.7 Å². The number of nitrogens with two attached hydrogens (primary N) is 1. The Morgan fingerprint density at radius 1 is 1.29 bits per heavy atom. The van der Waals surface area contributed by atoms with Gasteiger partial charge in [-0.05, 0) is 31.1 Å². The molecule has 0 aromatic heterocycles. The zero-order chi connectivity index (χ0) is 10.1. The Morgan fingerprint density at radius 3 is 2.57 bits per heavy atom. The first-order valence-corrected chi connectivity index (χ1v) is 6.04. The quantitative estimate of drug-likeness (QED) is 0.722. The molecule has 3 atom stereocenters. The Morgan fingerprint density at radius 2 is 2.07 bits per heavy atom. The van der Waals surface area contributed by atoms with Gasteiger partial charge in [-0.1, -0.05) is 30.9 Å². The van der Waals surface area contributed by atoms with E-state index in [-0.39, 0.29) is 0 Å². The predicted octanol–water partition coefficient (Wildman–Crippen LogP) is 1.77. The van der Waals surface area contributed by atoms with Gasteiger partial charge in [0.2, 0.25) is 0 Å². The van der Waals surface area contributed by atoms with Crippen molar-refractivity contribution in [3.63, 3.8) is 0 Å². The van der Waals surface area contributed by atoms with Gasteiger partial charge in [-0.3, -0.25) is 0 Å². The van der Waals surface area contributed by atoms with Gasteiger partial charge in [-0.2, -0.15) is 0 Å². The summed E-state index contributed by atoms with van der Waals surface area (Å²) in [4.78, 5) is 1.32. The third-order valence-electron chi connectivity index (χ3n) is 3.42. The Balaban J connectivity index is 1.81. The Hall–Kier alpha value is -0.220. The molecular formula is C10H16N2S2. The molecule has 2 saturated carbocycles. The molecule has 0 aliphatic heterocycles. The van der Waals surface area contributed by atoms with Crippen molar-refractivity contribution in [2.24, 2.45) is 17.6 Å². The molecule has 2 fully saturated rings. The summed E-state index contributed by atoms with van der Waals surface area (Å²) in [6.07, 6.45) is 6.05. The third kappa shape index (κ3) is 2.23. The van der Waals surface area contributed by atoms with Gasteiger partial charge in [0.05, 0.1) is 9.98 Å². The molecule has 0 aromatic carbocycles. The van der Waals surface area contributed by atoms with Crippen LogP contribution in [-0.4, -0.2) is 16.0 Å². The molecule has 0 radical (unpaired) electrons. The number of nitrogens with one attached hydrogen (secondary N) is 1. The first kappa shape index (κ1) is 10.3. The summed E-state index contributed by atoms with van der Waals surface area (Å²) in [7, 11) is 0. The number of fused-ring (bicyclic) bond motifs is 2. The molecule has 78 valence electrons. The standard InChI is InChI=1S/C10H16N2S2/c11-9(13)5-10(14)12-8-4-6-1-2-7(8)3-6/h6-8H,1-5H2,(H2,11,13)(H,12,14). The fourth-order valence-electron chi connectivity index (χ4n) is 2.84. The van der Waals surface area contributed by atoms with Crippen molar-refractivity contribution in [1.29, 1.82) is 0 Å². The van der Waals surface area contributed by atoms with E-state index < -0.39 is 0 Å². The highest BCUT2D eigenvalue weighted by molar-refractivity contribution is 7.82. The van der Waals surface area contributed by atoms with Crippen molar-refractivity contribution in [1.82, 2.24) is 5.32 Å². The second kappa shape index (κ2) is 4.11. The van der Waals surface area contributed by atoms with Crippen molar-refractivity contribution < 1.29 is 0 Å². The van der Waals surface area contributed by atoms with Crippen LogP contribution in [-0.2, 0) is 0 Å². The highest BCUT2D eigenvalue weighted by Crippen LogP contribution is 2.44. The highest BCUT2D eigenvalue weighted by atomic mass is 32.1. The van der Waals surface area contributed by atoms with E-state index in [1.54, 1.807) is 0 Å². The topological polar surface area (TPSA) is 38.0 Å². The second-order valence-corrected chi connectivity index (χ2v) is 5.51. The van der Waals surface area contributed by atoms with E-state index in [2.05, 4.69) is 5.32 Å². The third-order valence-corrected chi connectivity index (χ3v) is 3.83. The van der Waals surface area contributed by atoms with Crippen LogP contribution >= 0.6 is 24.4 Å². The van der Waals surface area contributed by atoms with Crippen molar-refractivity contribution >= 4 is 34.4 Å². The number of rotatable bonds is 3. The van der Waals surface area contributed by atoms with E-state index in [9.17, 15) is 0 Å². The molecule has 4 heteroatoms. The van der Waals surface area contributed by atoms with Crippen LogP contribution in [0.3, 0.4) is 0 Å². The van der Waals surface area contributed by atoms with Crippen LogP contribution in [0, 0.1) is 11.8 Å². The van der Waals surface area contributed by atoms with Gasteiger partial charge in [-0.25, -0.2) is 0 Å². The summed E-state index contributed by atoms with van der Waals surface area (Å²) in [5.74, 6) is 1.80. The van der Waals surface area contributed by atoms with Crippen molar-refractivity contribution in [2.75, 3.05) is 0 Å². The summed E-state index contributed by atoms with van der Waals surface area (Å²) in [5.41, 5.74) is 5.45. The zero-order valence-corrected chi connectivity index (χ0v) is 9.79.